The molecular formula is C20H26N2O3. The van der Waals surface area contributed by atoms with E-state index >= 15 is 0 Å². The Balaban J connectivity index is 1.70. The van der Waals surface area contributed by atoms with Gasteiger partial charge in [-0.15, -0.1) is 0 Å². The standard InChI is InChI=1S/C20H26N2O3/c1-3-4-13-25-19-11-7-17(8-12-19)21-15-20(23)22-14-16-5-9-18(24-2)10-6-16/h5-12,21H,3-4,13-15H2,1-2H3,(H,22,23). The fourth-order valence-corrected chi connectivity index (χ4v) is 2.19. The van der Waals surface area contributed by atoms with Gasteiger partial charge in [-0.05, 0) is 48.4 Å². The van der Waals surface area contributed by atoms with E-state index in [1.54, 1.807) is 7.11 Å². The average molecular weight is 342 g/mol. The monoisotopic (exact) mass is 342 g/mol. The second kappa shape index (κ2) is 10.2. The van der Waals surface area contributed by atoms with Crippen molar-refractivity contribution in [2.24, 2.45) is 0 Å². The van der Waals surface area contributed by atoms with E-state index in [0.717, 1.165) is 42.2 Å². The SMILES string of the molecule is CCCCOc1ccc(NCC(=O)NCc2ccc(OC)cc2)cc1. The molecule has 2 aromatic carbocycles. The Morgan fingerprint density at radius 3 is 2.32 bits per heavy atom. The molecule has 0 saturated heterocycles. The van der Waals surface area contributed by atoms with Crippen LogP contribution < -0.4 is 20.1 Å². The van der Waals surface area contributed by atoms with Crippen molar-refractivity contribution in [1.82, 2.24) is 5.32 Å². The lowest BCUT2D eigenvalue weighted by Gasteiger charge is -2.10. The number of ether oxygens (including phenoxy) is 2. The van der Waals surface area contributed by atoms with Crippen molar-refractivity contribution in [2.45, 2.75) is 26.3 Å². The van der Waals surface area contributed by atoms with Crippen LogP contribution in [0.4, 0.5) is 5.69 Å². The maximum atomic E-state index is 11.9. The summed E-state index contributed by atoms with van der Waals surface area (Å²) in [5.74, 6) is 1.60. The number of rotatable bonds is 10. The van der Waals surface area contributed by atoms with E-state index in [1.165, 1.54) is 0 Å². The summed E-state index contributed by atoms with van der Waals surface area (Å²) in [6.45, 7) is 3.59. The van der Waals surface area contributed by atoms with Gasteiger partial charge in [-0.25, -0.2) is 0 Å². The molecule has 2 aromatic rings. The minimum atomic E-state index is -0.0564. The first-order valence-electron chi connectivity index (χ1n) is 8.57. The number of methoxy groups -OCH3 is 1. The summed E-state index contributed by atoms with van der Waals surface area (Å²) in [7, 11) is 1.63. The molecule has 0 bridgehead atoms. The van der Waals surface area contributed by atoms with Crippen LogP contribution in [0.2, 0.25) is 0 Å². The van der Waals surface area contributed by atoms with Crippen LogP contribution in [0.15, 0.2) is 48.5 Å². The first-order valence-corrected chi connectivity index (χ1v) is 8.57. The molecule has 0 spiro atoms. The number of nitrogens with one attached hydrogen (secondary N) is 2. The minimum absolute atomic E-state index is 0.0564. The van der Waals surface area contributed by atoms with Gasteiger partial charge < -0.3 is 20.1 Å². The van der Waals surface area contributed by atoms with E-state index in [-0.39, 0.29) is 12.5 Å². The molecule has 0 aliphatic rings. The average Bonchev–Trinajstić information content (AvgIpc) is 2.66. The molecule has 0 fully saturated rings. The molecule has 0 radical (unpaired) electrons. The second-order valence-electron chi connectivity index (χ2n) is 5.70. The van der Waals surface area contributed by atoms with Crippen molar-refractivity contribution in [1.29, 1.82) is 0 Å². The van der Waals surface area contributed by atoms with Gasteiger partial charge in [0.15, 0.2) is 0 Å². The Kier molecular flexibility index (Phi) is 7.63. The molecule has 0 saturated carbocycles. The summed E-state index contributed by atoms with van der Waals surface area (Å²) in [6.07, 6.45) is 2.17. The topological polar surface area (TPSA) is 59.6 Å². The smallest absolute Gasteiger partial charge is 0.239 e. The van der Waals surface area contributed by atoms with Gasteiger partial charge in [0.25, 0.3) is 0 Å². The minimum Gasteiger partial charge on any atom is -0.497 e. The first-order chi connectivity index (χ1) is 12.2. The molecule has 25 heavy (non-hydrogen) atoms. The molecule has 0 atom stereocenters. The normalized spacial score (nSPS) is 10.2. The van der Waals surface area contributed by atoms with Crippen molar-refractivity contribution < 1.29 is 14.3 Å². The van der Waals surface area contributed by atoms with Crippen LogP contribution in [-0.2, 0) is 11.3 Å². The van der Waals surface area contributed by atoms with Crippen LogP contribution in [0.3, 0.4) is 0 Å². The van der Waals surface area contributed by atoms with Gasteiger partial charge in [0.2, 0.25) is 5.91 Å². The highest BCUT2D eigenvalue weighted by atomic mass is 16.5. The second-order valence-corrected chi connectivity index (χ2v) is 5.70. The zero-order chi connectivity index (χ0) is 17.9. The number of hydrogen-bond acceptors (Lipinski definition) is 4. The van der Waals surface area contributed by atoms with Gasteiger partial charge in [0, 0.05) is 12.2 Å². The molecule has 134 valence electrons. The van der Waals surface area contributed by atoms with Crippen molar-refractivity contribution in [3.63, 3.8) is 0 Å². The Morgan fingerprint density at radius 1 is 1.00 bits per heavy atom. The maximum absolute atomic E-state index is 11.9. The predicted octanol–water partition coefficient (Wildman–Crippen LogP) is 3.60. The Bertz CT molecular complexity index is 639. The van der Waals surface area contributed by atoms with E-state index in [2.05, 4.69) is 17.6 Å². The van der Waals surface area contributed by atoms with E-state index < -0.39 is 0 Å². The Labute approximate surface area is 149 Å². The number of anilines is 1. The van der Waals surface area contributed by atoms with E-state index in [0.29, 0.717) is 6.54 Å². The van der Waals surface area contributed by atoms with Crippen LogP contribution >= 0.6 is 0 Å². The lowest BCUT2D eigenvalue weighted by Crippen LogP contribution is -2.29. The van der Waals surface area contributed by atoms with Gasteiger partial charge in [-0.3, -0.25) is 4.79 Å². The molecule has 0 heterocycles. The molecular weight excluding hydrogens is 316 g/mol. The first kappa shape index (κ1) is 18.6. The van der Waals surface area contributed by atoms with Crippen molar-refractivity contribution in [3.05, 3.63) is 54.1 Å². The molecule has 5 nitrogen and oxygen atoms in total. The van der Waals surface area contributed by atoms with Gasteiger partial charge >= 0.3 is 0 Å². The van der Waals surface area contributed by atoms with E-state index in [1.807, 2.05) is 48.5 Å². The maximum Gasteiger partial charge on any atom is 0.239 e. The third-order valence-electron chi connectivity index (χ3n) is 3.72. The Hall–Kier alpha value is -2.69. The molecule has 1 amide bonds. The van der Waals surface area contributed by atoms with Gasteiger partial charge in [-0.2, -0.15) is 0 Å². The molecule has 0 unspecified atom stereocenters. The summed E-state index contributed by atoms with van der Waals surface area (Å²) in [4.78, 5) is 11.9. The summed E-state index contributed by atoms with van der Waals surface area (Å²) in [6, 6.07) is 15.3. The van der Waals surface area contributed by atoms with E-state index in [9.17, 15) is 4.79 Å². The van der Waals surface area contributed by atoms with Crippen molar-refractivity contribution >= 4 is 11.6 Å². The highest BCUT2D eigenvalue weighted by Gasteiger charge is 2.02. The van der Waals surface area contributed by atoms with Crippen molar-refractivity contribution in [2.75, 3.05) is 25.6 Å². The highest BCUT2D eigenvalue weighted by molar-refractivity contribution is 5.80. The number of hydrogen-bond donors (Lipinski definition) is 2. The lowest BCUT2D eigenvalue weighted by molar-refractivity contribution is -0.119. The summed E-state index contributed by atoms with van der Waals surface area (Å²) in [5.41, 5.74) is 1.92. The summed E-state index contributed by atoms with van der Waals surface area (Å²) >= 11 is 0. The van der Waals surface area contributed by atoms with Gasteiger partial charge in [0.1, 0.15) is 11.5 Å². The van der Waals surface area contributed by atoms with Crippen LogP contribution in [0.5, 0.6) is 11.5 Å². The zero-order valence-electron chi connectivity index (χ0n) is 14.9. The molecule has 2 rings (SSSR count). The fourth-order valence-electron chi connectivity index (χ4n) is 2.19. The lowest BCUT2D eigenvalue weighted by atomic mass is 10.2. The van der Waals surface area contributed by atoms with E-state index in [4.69, 9.17) is 9.47 Å². The van der Waals surface area contributed by atoms with Crippen molar-refractivity contribution in [3.8, 4) is 11.5 Å². The zero-order valence-corrected chi connectivity index (χ0v) is 14.9. The number of amides is 1. The molecule has 2 N–H and O–H groups in total. The quantitative estimate of drug-likeness (QED) is 0.648. The third kappa shape index (κ3) is 6.75. The summed E-state index contributed by atoms with van der Waals surface area (Å²) in [5, 5.41) is 5.99. The van der Waals surface area contributed by atoms with Crippen LogP contribution in [0.1, 0.15) is 25.3 Å². The van der Waals surface area contributed by atoms with Crippen LogP contribution in [-0.4, -0.2) is 26.2 Å². The van der Waals surface area contributed by atoms with Crippen LogP contribution in [0, 0.1) is 0 Å². The number of carbonyl (C=O) groups is 1. The predicted molar refractivity (Wildman–Crippen MR) is 100 cm³/mol. The Morgan fingerprint density at radius 2 is 1.68 bits per heavy atom. The number of benzene rings is 2. The highest BCUT2D eigenvalue weighted by Crippen LogP contribution is 2.16. The van der Waals surface area contributed by atoms with Crippen LogP contribution in [0.25, 0.3) is 0 Å². The molecule has 0 aliphatic heterocycles. The summed E-state index contributed by atoms with van der Waals surface area (Å²) < 4.78 is 10.7. The third-order valence-corrected chi connectivity index (χ3v) is 3.72. The fraction of sp³-hybridized carbons (Fsp3) is 0.350. The molecule has 0 aromatic heterocycles. The van der Waals surface area contributed by atoms with Gasteiger partial charge in [-0.1, -0.05) is 25.5 Å². The largest absolute Gasteiger partial charge is 0.497 e. The molecule has 0 aliphatic carbocycles. The number of unbranched alkanes of at least 4 members (excludes halogenated alkanes) is 1. The molecule has 5 heteroatoms. The number of carbonyl (C=O) groups excluding carboxylic acids is 1. The van der Waals surface area contributed by atoms with Gasteiger partial charge in [0.05, 0.1) is 20.3 Å².